The Balaban J connectivity index is 2.03. The highest BCUT2D eigenvalue weighted by Crippen LogP contribution is 2.33. The van der Waals surface area contributed by atoms with Gasteiger partial charge in [0.2, 0.25) is 5.89 Å². The molecule has 8 heteroatoms. The quantitative estimate of drug-likeness (QED) is 0.233. The fourth-order valence-corrected chi connectivity index (χ4v) is 3.79. The van der Waals surface area contributed by atoms with E-state index in [2.05, 4.69) is 27.4 Å². The van der Waals surface area contributed by atoms with Crippen LogP contribution in [-0.2, 0) is 11.3 Å². The molecule has 0 saturated heterocycles. The van der Waals surface area contributed by atoms with Gasteiger partial charge < -0.3 is 14.1 Å². The maximum Gasteiger partial charge on any atom is 0.226 e. The lowest BCUT2D eigenvalue weighted by molar-refractivity contribution is 0.214. The summed E-state index contributed by atoms with van der Waals surface area (Å²) in [5.41, 5.74) is 4.94. The molecule has 2 aromatic carbocycles. The van der Waals surface area contributed by atoms with Crippen LogP contribution in [-0.4, -0.2) is 29.5 Å². The van der Waals surface area contributed by atoms with Gasteiger partial charge in [0.25, 0.3) is 0 Å². The predicted octanol–water partition coefficient (Wildman–Crippen LogP) is 5.57. The standard InChI is InChI=1S/C25H25ClN4O3/c1-16-12-20(14-22(24(16)31-3)25(26)30-32-4)21(19-9-7-8-18(13-19)15-27)10-5-6-11-23-28-17(2)29-33-23/h7-10,12-14H,5-6,11H2,1-4H3/b21-10-,30-25-. The molecule has 33 heavy (non-hydrogen) atoms. The zero-order valence-electron chi connectivity index (χ0n) is 19.1. The van der Waals surface area contributed by atoms with Crippen LogP contribution in [0.1, 0.15) is 52.4 Å². The molecule has 0 bridgehead atoms. The van der Waals surface area contributed by atoms with E-state index in [1.54, 1.807) is 20.1 Å². The number of hydrogen-bond donors (Lipinski definition) is 0. The third-order valence-corrected chi connectivity index (χ3v) is 5.27. The number of unbranched alkanes of at least 4 members (excludes halogenated alkanes) is 1. The largest absolute Gasteiger partial charge is 0.496 e. The van der Waals surface area contributed by atoms with Gasteiger partial charge in [0, 0.05) is 6.42 Å². The van der Waals surface area contributed by atoms with Gasteiger partial charge in [-0.25, -0.2) is 0 Å². The zero-order chi connectivity index (χ0) is 23.8. The summed E-state index contributed by atoms with van der Waals surface area (Å²) < 4.78 is 10.8. The molecule has 0 spiro atoms. The molecule has 0 aliphatic heterocycles. The molecular weight excluding hydrogens is 440 g/mol. The second-order valence-corrected chi connectivity index (χ2v) is 7.73. The average molecular weight is 465 g/mol. The van der Waals surface area contributed by atoms with Crippen molar-refractivity contribution in [1.29, 1.82) is 5.26 Å². The first-order valence-electron chi connectivity index (χ1n) is 10.4. The van der Waals surface area contributed by atoms with E-state index in [0.717, 1.165) is 35.1 Å². The summed E-state index contributed by atoms with van der Waals surface area (Å²) >= 11 is 6.39. The van der Waals surface area contributed by atoms with E-state index >= 15 is 0 Å². The number of ether oxygens (including phenoxy) is 1. The van der Waals surface area contributed by atoms with Crippen LogP contribution in [0.15, 0.2) is 52.2 Å². The molecule has 0 aliphatic carbocycles. The van der Waals surface area contributed by atoms with E-state index < -0.39 is 0 Å². The Bertz CT molecular complexity index is 1220. The van der Waals surface area contributed by atoms with Gasteiger partial charge in [-0.15, -0.1) is 0 Å². The van der Waals surface area contributed by atoms with Crippen LogP contribution in [0, 0.1) is 25.2 Å². The molecule has 0 radical (unpaired) electrons. The Morgan fingerprint density at radius 1 is 1.21 bits per heavy atom. The minimum absolute atomic E-state index is 0.191. The average Bonchev–Trinajstić information content (AvgIpc) is 3.23. The number of allylic oxidation sites excluding steroid dienone is 1. The number of nitriles is 1. The molecular formula is C25H25ClN4O3. The highest BCUT2D eigenvalue weighted by molar-refractivity contribution is 6.69. The van der Waals surface area contributed by atoms with Gasteiger partial charge in [0.1, 0.15) is 12.9 Å². The van der Waals surface area contributed by atoms with Gasteiger partial charge in [-0.1, -0.05) is 40.1 Å². The van der Waals surface area contributed by atoms with Crippen LogP contribution < -0.4 is 4.74 Å². The zero-order valence-corrected chi connectivity index (χ0v) is 19.8. The lowest BCUT2D eigenvalue weighted by Crippen LogP contribution is -2.02. The summed E-state index contributed by atoms with van der Waals surface area (Å²) in [4.78, 5) is 9.12. The molecule has 0 fully saturated rings. The van der Waals surface area contributed by atoms with E-state index in [9.17, 15) is 5.26 Å². The predicted molar refractivity (Wildman–Crippen MR) is 127 cm³/mol. The first kappa shape index (κ1) is 24.0. The Kier molecular flexibility index (Phi) is 8.22. The number of oxime groups is 1. The molecule has 0 aliphatic rings. The molecule has 7 nitrogen and oxygen atoms in total. The fraction of sp³-hybridized carbons (Fsp3) is 0.280. The monoisotopic (exact) mass is 464 g/mol. The number of hydrogen-bond acceptors (Lipinski definition) is 7. The Hall–Kier alpha value is -3.63. The maximum atomic E-state index is 9.39. The molecule has 170 valence electrons. The summed E-state index contributed by atoms with van der Waals surface area (Å²) in [5, 5.41) is 17.3. The minimum atomic E-state index is 0.191. The number of methoxy groups -OCH3 is 1. The summed E-state index contributed by atoms with van der Waals surface area (Å²) in [7, 11) is 3.03. The molecule has 3 aromatic rings. The Labute approximate surface area is 198 Å². The molecule has 0 N–H and O–H groups in total. The van der Waals surface area contributed by atoms with Crippen LogP contribution in [0.2, 0.25) is 0 Å². The van der Waals surface area contributed by atoms with Crippen LogP contribution >= 0.6 is 11.6 Å². The number of aromatic nitrogens is 2. The second-order valence-electron chi connectivity index (χ2n) is 7.38. The first-order valence-corrected chi connectivity index (χ1v) is 10.8. The van der Waals surface area contributed by atoms with Crippen molar-refractivity contribution in [3.8, 4) is 11.8 Å². The van der Waals surface area contributed by atoms with Gasteiger partial charge in [-0.3, -0.25) is 0 Å². The van der Waals surface area contributed by atoms with Crippen molar-refractivity contribution in [3.63, 3.8) is 0 Å². The van der Waals surface area contributed by atoms with Crippen molar-refractivity contribution in [1.82, 2.24) is 10.1 Å². The molecule has 0 saturated carbocycles. The summed E-state index contributed by atoms with van der Waals surface area (Å²) in [6.07, 6.45) is 4.43. The number of halogens is 1. The second kappa shape index (κ2) is 11.3. The van der Waals surface area contributed by atoms with E-state index in [1.807, 2.05) is 37.3 Å². The molecule has 0 unspecified atom stereocenters. The third-order valence-electron chi connectivity index (χ3n) is 5.00. The first-order chi connectivity index (χ1) is 16.0. The minimum Gasteiger partial charge on any atom is -0.496 e. The molecule has 0 atom stereocenters. The maximum absolute atomic E-state index is 9.39. The third kappa shape index (κ3) is 5.99. The van der Waals surface area contributed by atoms with E-state index in [4.69, 9.17) is 25.7 Å². The SMILES string of the molecule is CO/N=C(\Cl)c1cc(/C(=C\CCCc2nc(C)no2)c2cccc(C#N)c2)cc(C)c1OC. The highest BCUT2D eigenvalue weighted by Gasteiger charge is 2.16. The Morgan fingerprint density at radius 2 is 2.03 bits per heavy atom. The summed E-state index contributed by atoms with van der Waals surface area (Å²) in [6.45, 7) is 3.75. The van der Waals surface area contributed by atoms with Gasteiger partial charge in [-0.05, 0) is 73.2 Å². The van der Waals surface area contributed by atoms with Gasteiger partial charge in [0.15, 0.2) is 11.0 Å². The van der Waals surface area contributed by atoms with Crippen molar-refractivity contribution >= 4 is 22.3 Å². The number of rotatable bonds is 9. The number of aryl methyl sites for hydroxylation is 3. The van der Waals surface area contributed by atoms with E-state index in [0.29, 0.717) is 35.0 Å². The Morgan fingerprint density at radius 3 is 2.70 bits per heavy atom. The van der Waals surface area contributed by atoms with Crippen LogP contribution in [0.25, 0.3) is 5.57 Å². The topological polar surface area (TPSA) is 93.5 Å². The van der Waals surface area contributed by atoms with Crippen molar-refractivity contribution in [2.24, 2.45) is 5.16 Å². The van der Waals surface area contributed by atoms with Gasteiger partial charge in [0.05, 0.1) is 24.3 Å². The number of nitrogens with zero attached hydrogens (tertiary/aromatic N) is 4. The molecule has 0 amide bonds. The van der Waals surface area contributed by atoms with E-state index in [-0.39, 0.29) is 5.17 Å². The highest BCUT2D eigenvalue weighted by atomic mass is 35.5. The lowest BCUT2D eigenvalue weighted by Gasteiger charge is -2.16. The number of benzene rings is 2. The smallest absolute Gasteiger partial charge is 0.226 e. The molecule has 3 rings (SSSR count). The van der Waals surface area contributed by atoms with E-state index in [1.165, 1.54) is 7.11 Å². The normalized spacial score (nSPS) is 11.9. The van der Waals surface area contributed by atoms with Crippen LogP contribution in [0.3, 0.4) is 0 Å². The van der Waals surface area contributed by atoms with Crippen molar-refractivity contribution in [3.05, 3.63) is 82.0 Å². The van der Waals surface area contributed by atoms with Crippen molar-refractivity contribution in [2.45, 2.75) is 33.1 Å². The van der Waals surface area contributed by atoms with Crippen LogP contribution in [0.4, 0.5) is 0 Å². The molecule has 1 aromatic heterocycles. The summed E-state index contributed by atoms with van der Waals surface area (Å²) in [5.74, 6) is 1.88. The van der Waals surface area contributed by atoms with Crippen molar-refractivity contribution in [2.75, 3.05) is 14.2 Å². The van der Waals surface area contributed by atoms with Gasteiger partial charge >= 0.3 is 0 Å². The lowest BCUT2D eigenvalue weighted by atomic mass is 9.92. The molecule has 1 heterocycles. The van der Waals surface area contributed by atoms with Crippen LogP contribution in [0.5, 0.6) is 5.75 Å². The summed E-state index contributed by atoms with van der Waals surface area (Å²) in [6, 6.07) is 13.7. The van der Waals surface area contributed by atoms with Gasteiger partial charge in [-0.2, -0.15) is 10.2 Å². The van der Waals surface area contributed by atoms with Crippen molar-refractivity contribution < 1.29 is 14.1 Å². The fourth-order valence-electron chi connectivity index (χ4n) is 3.58.